The predicted octanol–water partition coefficient (Wildman–Crippen LogP) is 1.61. The summed E-state index contributed by atoms with van der Waals surface area (Å²) in [5, 5.41) is 0. The highest BCUT2D eigenvalue weighted by molar-refractivity contribution is 5.23. The molecule has 0 fully saturated rings. The highest BCUT2D eigenvalue weighted by Gasteiger charge is 2.05. The van der Waals surface area contributed by atoms with Crippen LogP contribution in [0.3, 0.4) is 0 Å². The smallest absolute Gasteiger partial charge is 0.200 e. The Morgan fingerprint density at radius 3 is 2.55 bits per heavy atom. The number of anilines is 1. The summed E-state index contributed by atoms with van der Waals surface area (Å²) >= 11 is 0. The number of rotatable bonds is 2. The van der Waals surface area contributed by atoms with Crippen LogP contribution < -0.4 is 5.73 Å². The molecule has 1 heterocycles. The summed E-state index contributed by atoms with van der Waals surface area (Å²) in [6.45, 7) is 7.18. The molecule has 0 radical (unpaired) electrons. The van der Waals surface area contributed by atoms with E-state index in [4.69, 9.17) is 5.73 Å². The molecular formula is C8H15N3. The van der Waals surface area contributed by atoms with Crippen LogP contribution in [0.4, 0.5) is 5.95 Å². The molecule has 0 saturated carbocycles. The Labute approximate surface area is 67.2 Å². The van der Waals surface area contributed by atoms with Gasteiger partial charge in [0.25, 0.3) is 0 Å². The van der Waals surface area contributed by atoms with Gasteiger partial charge in [0, 0.05) is 12.7 Å². The monoisotopic (exact) mass is 153 g/mol. The van der Waals surface area contributed by atoms with Crippen LogP contribution in [-0.2, 0) is 6.54 Å². The third-order valence-electron chi connectivity index (χ3n) is 1.76. The maximum absolute atomic E-state index is 5.64. The lowest BCUT2D eigenvalue weighted by molar-refractivity contribution is 0.767. The molecule has 2 N–H and O–H groups in total. The lowest BCUT2D eigenvalue weighted by atomic mass is 10.2. The number of nitrogens with zero attached hydrogens (tertiary/aromatic N) is 2. The molecule has 3 heteroatoms. The molecule has 1 rings (SSSR count). The standard InChI is InChI=1S/C8H15N3/c1-4-11-5-7(6(2)3)10-8(11)9/h5-6H,4H2,1-3H3,(H2,9,10). The maximum atomic E-state index is 5.64. The van der Waals surface area contributed by atoms with Crippen molar-refractivity contribution < 1.29 is 0 Å². The van der Waals surface area contributed by atoms with Gasteiger partial charge < -0.3 is 10.3 Å². The number of aryl methyl sites for hydroxylation is 1. The Kier molecular flexibility index (Phi) is 2.17. The van der Waals surface area contributed by atoms with Gasteiger partial charge >= 0.3 is 0 Å². The van der Waals surface area contributed by atoms with Crippen molar-refractivity contribution in [2.24, 2.45) is 0 Å². The van der Waals surface area contributed by atoms with Gasteiger partial charge in [-0.15, -0.1) is 0 Å². The molecule has 0 saturated heterocycles. The molecule has 0 bridgehead atoms. The molecule has 0 aliphatic heterocycles. The molecule has 0 aliphatic rings. The summed E-state index contributed by atoms with van der Waals surface area (Å²) in [6.07, 6.45) is 2.01. The van der Waals surface area contributed by atoms with E-state index in [1.54, 1.807) is 0 Å². The first kappa shape index (κ1) is 8.11. The van der Waals surface area contributed by atoms with Crippen molar-refractivity contribution in [3.05, 3.63) is 11.9 Å². The van der Waals surface area contributed by atoms with E-state index in [0.29, 0.717) is 11.9 Å². The van der Waals surface area contributed by atoms with Crippen molar-refractivity contribution in [2.75, 3.05) is 5.73 Å². The average Bonchev–Trinajstić information content (AvgIpc) is 2.31. The number of imidazole rings is 1. The molecule has 0 atom stereocenters. The van der Waals surface area contributed by atoms with Crippen LogP contribution in [0.15, 0.2) is 6.20 Å². The van der Waals surface area contributed by atoms with Crippen molar-refractivity contribution in [2.45, 2.75) is 33.2 Å². The highest BCUT2D eigenvalue weighted by atomic mass is 15.1. The minimum atomic E-state index is 0.463. The summed E-state index contributed by atoms with van der Waals surface area (Å²) in [5.74, 6) is 1.08. The topological polar surface area (TPSA) is 43.8 Å². The van der Waals surface area contributed by atoms with E-state index in [-0.39, 0.29) is 0 Å². The second-order valence-electron chi connectivity index (χ2n) is 2.96. The number of nitrogens with two attached hydrogens (primary N) is 1. The molecule has 0 aliphatic carbocycles. The van der Waals surface area contributed by atoms with Gasteiger partial charge in [-0.1, -0.05) is 13.8 Å². The Balaban J connectivity index is 2.95. The van der Waals surface area contributed by atoms with Crippen LogP contribution in [-0.4, -0.2) is 9.55 Å². The summed E-state index contributed by atoms with van der Waals surface area (Å²) in [6, 6.07) is 0. The molecule has 0 unspecified atom stereocenters. The van der Waals surface area contributed by atoms with Gasteiger partial charge in [-0.25, -0.2) is 4.98 Å². The molecule has 0 aromatic carbocycles. The van der Waals surface area contributed by atoms with E-state index >= 15 is 0 Å². The zero-order chi connectivity index (χ0) is 8.43. The van der Waals surface area contributed by atoms with Crippen molar-refractivity contribution in [1.82, 2.24) is 9.55 Å². The fourth-order valence-electron chi connectivity index (χ4n) is 0.983. The summed E-state index contributed by atoms with van der Waals surface area (Å²) < 4.78 is 1.95. The second-order valence-corrected chi connectivity index (χ2v) is 2.96. The van der Waals surface area contributed by atoms with Crippen molar-refractivity contribution in [3.63, 3.8) is 0 Å². The summed E-state index contributed by atoms with van der Waals surface area (Å²) in [4.78, 5) is 4.22. The molecule has 1 aromatic heterocycles. The zero-order valence-corrected chi connectivity index (χ0v) is 7.33. The lowest BCUT2D eigenvalue weighted by Crippen LogP contribution is -1.98. The lowest BCUT2D eigenvalue weighted by Gasteiger charge is -1.96. The van der Waals surface area contributed by atoms with E-state index in [9.17, 15) is 0 Å². The van der Waals surface area contributed by atoms with Gasteiger partial charge in [0.15, 0.2) is 5.95 Å². The fourth-order valence-corrected chi connectivity index (χ4v) is 0.983. The van der Waals surface area contributed by atoms with Gasteiger partial charge in [-0.05, 0) is 12.8 Å². The summed E-state index contributed by atoms with van der Waals surface area (Å²) in [7, 11) is 0. The first-order chi connectivity index (χ1) is 5.15. The van der Waals surface area contributed by atoms with E-state index in [1.165, 1.54) is 0 Å². The Bertz CT molecular complexity index is 237. The van der Waals surface area contributed by atoms with Gasteiger partial charge in [0.2, 0.25) is 0 Å². The predicted molar refractivity (Wildman–Crippen MR) is 46.4 cm³/mol. The normalized spacial score (nSPS) is 10.9. The number of hydrogen-bond acceptors (Lipinski definition) is 2. The van der Waals surface area contributed by atoms with Crippen LogP contribution in [0.2, 0.25) is 0 Å². The van der Waals surface area contributed by atoms with Crippen molar-refractivity contribution in [1.29, 1.82) is 0 Å². The third kappa shape index (κ3) is 1.53. The molecule has 3 nitrogen and oxygen atoms in total. The van der Waals surface area contributed by atoms with E-state index in [1.807, 2.05) is 10.8 Å². The number of hydrogen-bond donors (Lipinski definition) is 1. The molecule has 11 heavy (non-hydrogen) atoms. The van der Waals surface area contributed by atoms with Crippen LogP contribution in [0, 0.1) is 0 Å². The van der Waals surface area contributed by atoms with E-state index < -0.39 is 0 Å². The van der Waals surface area contributed by atoms with Crippen molar-refractivity contribution in [3.8, 4) is 0 Å². The third-order valence-corrected chi connectivity index (χ3v) is 1.76. The van der Waals surface area contributed by atoms with Crippen molar-refractivity contribution >= 4 is 5.95 Å². The van der Waals surface area contributed by atoms with Gasteiger partial charge in [0.1, 0.15) is 0 Å². The molecule has 1 aromatic rings. The first-order valence-corrected chi connectivity index (χ1v) is 3.97. The van der Waals surface area contributed by atoms with Gasteiger partial charge in [0.05, 0.1) is 5.69 Å². The highest BCUT2D eigenvalue weighted by Crippen LogP contribution is 2.14. The fraction of sp³-hybridized carbons (Fsp3) is 0.625. The largest absolute Gasteiger partial charge is 0.369 e. The van der Waals surface area contributed by atoms with Gasteiger partial charge in [-0.2, -0.15) is 0 Å². The van der Waals surface area contributed by atoms with Crippen LogP contribution in [0.1, 0.15) is 32.4 Å². The quantitative estimate of drug-likeness (QED) is 0.701. The van der Waals surface area contributed by atoms with Crippen LogP contribution in [0.25, 0.3) is 0 Å². The molecule has 0 spiro atoms. The Morgan fingerprint density at radius 1 is 1.64 bits per heavy atom. The Morgan fingerprint density at radius 2 is 2.27 bits per heavy atom. The maximum Gasteiger partial charge on any atom is 0.200 e. The SMILES string of the molecule is CCn1cc(C(C)C)nc1N. The van der Waals surface area contributed by atoms with Crippen LogP contribution >= 0.6 is 0 Å². The molecule has 0 amide bonds. The minimum absolute atomic E-state index is 0.463. The van der Waals surface area contributed by atoms with Gasteiger partial charge in [-0.3, -0.25) is 0 Å². The second kappa shape index (κ2) is 2.95. The Hall–Kier alpha value is -0.990. The number of nitrogen functional groups attached to an aromatic ring is 1. The number of aromatic nitrogens is 2. The average molecular weight is 153 g/mol. The summed E-state index contributed by atoms with van der Waals surface area (Å²) in [5.41, 5.74) is 6.72. The molecule has 62 valence electrons. The molecular weight excluding hydrogens is 138 g/mol. The minimum Gasteiger partial charge on any atom is -0.369 e. The first-order valence-electron chi connectivity index (χ1n) is 3.97. The van der Waals surface area contributed by atoms with E-state index in [0.717, 1.165) is 12.2 Å². The zero-order valence-electron chi connectivity index (χ0n) is 7.33. The van der Waals surface area contributed by atoms with Crippen LogP contribution in [0.5, 0.6) is 0 Å². The van der Waals surface area contributed by atoms with E-state index in [2.05, 4.69) is 25.8 Å².